The molecule has 0 saturated carbocycles. The molecule has 0 aromatic carbocycles. The Bertz CT molecular complexity index is 82.5. The molecular weight excluding hydrogens is 106 g/mol. The summed E-state index contributed by atoms with van der Waals surface area (Å²) in [6, 6.07) is -0.417. The molecule has 0 rings (SSSR count). The maximum Gasteiger partial charge on any atom is 0.362 e. The summed E-state index contributed by atoms with van der Waals surface area (Å²) in [5, 5.41) is 8.25. The normalized spacial score (nSPS) is 13.2. The molecule has 3 nitrogen and oxygen atoms in total. The Kier molecular flexibility index (Phi) is 3.19. The van der Waals surface area contributed by atoms with Crippen LogP contribution >= 0.6 is 0 Å². The summed E-state index contributed by atoms with van der Waals surface area (Å²) in [6.45, 7) is 1.95. The van der Waals surface area contributed by atoms with Crippen LogP contribution in [0.5, 0.6) is 0 Å². The molecule has 0 spiro atoms. The first-order chi connectivity index (χ1) is 3.68. The van der Waals surface area contributed by atoms with E-state index >= 15 is 0 Å². The predicted octanol–water partition coefficient (Wildman–Crippen LogP) is -0.518. The van der Waals surface area contributed by atoms with Crippen LogP contribution in [0.4, 0.5) is 0 Å². The molecule has 0 aliphatic rings. The molecule has 0 bridgehead atoms. The lowest BCUT2D eigenvalue weighted by Gasteiger charge is -1.96. The van der Waals surface area contributed by atoms with Crippen LogP contribution < -0.4 is 5.73 Å². The summed E-state index contributed by atoms with van der Waals surface area (Å²) in [5.74, 6) is -0.799. The number of hydrogen-bond donors (Lipinski definition) is 2. The van der Waals surface area contributed by atoms with Gasteiger partial charge in [0.15, 0.2) is 6.04 Å². The molecule has 3 heteroatoms. The number of quaternary nitrogens is 1. The van der Waals surface area contributed by atoms with Crippen molar-refractivity contribution in [3.05, 3.63) is 0 Å². The van der Waals surface area contributed by atoms with Gasteiger partial charge in [0, 0.05) is 6.42 Å². The van der Waals surface area contributed by atoms with Gasteiger partial charge >= 0.3 is 5.97 Å². The van der Waals surface area contributed by atoms with Gasteiger partial charge in [0.05, 0.1) is 0 Å². The molecule has 0 fully saturated rings. The van der Waals surface area contributed by atoms with Gasteiger partial charge in [-0.25, -0.2) is 4.79 Å². The second-order valence-corrected chi connectivity index (χ2v) is 1.82. The van der Waals surface area contributed by atoms with E-state index < -0.39 is 12.0 Å². The van der Waals surface area contributed by atoms with Crippen molar-refractivity contribution in [3.63, 3.8) is 0 Å². The van der Waals surface area contributed by atoms with E-state index in [4.69, 9.17) is 5.11 Å². The van der Waals surface area contributed by atoms with Crippen LogP contribution in [0, 0.1) is 0 Å². The fourth-order valence-corrected chi connectivity index (χ4v) is 0.472. The van der Waals surface area contributed by atoms with E-state index in [9.17, 15) is 4.79 Å². The zero-order chi connectivity index (χ0) is 6.57. The Morgan fingerprint density at radius 1 is 1.88 bits per heavy atom. The Morgan fingerprint density at radius 2 is 2.38 bits per heavy atom. The van der Waals surface area contributed by atoms with Gasteiger partial charge in [-0.05, 0) is 6.42 Å². The van der Waals surface area contributed by atoms with Crippen LogP contribution in [-0.4, -0.2) is 17.1 Å². The molecule has 0 aromatic rings. The first kappa shape index (κ1) is 7.43. The largest absolute Gasteiger partial charge is 0.477 e. The number of carboxylic acids is 1. The zero-order valence-corrected chi connectivity index (χ0v) is 5.05. The molecule has 1 unspecified atom stereocenters. The van der Waals surface area contributed by atoms with Crippen LogP contribution in [0.15, 0.2) is 0 Å². The topological polar surface area (TPSA) is 64.9 Å². The minimum absolute atomic E-state index is 0.417. The fraction of sp³-hybridized carbons (Fsp3) is 0.800. The van der Waals surface area contributed by atoms with Crippen LogP contribution in [0.25, 0.3) is 0 Å². The SMILES string of the molecule is CCCC([NH3+])C(=O)O. The molecule has 0 aliphatic carbocycles. The molecule has 0 radical (unpaired) electrons. The van der Waals surface area contributed by atoms with E-state index in [1.807, 2.05) is 6.92 Å². The Labute approximate surface area is 48.5 Å². The highest BCUT2D eigenvalue weighted by Gasteiger charge is 2.12. The molecule has 0 amide bonds. The van der Waals surface area contributed by atoms with E-state index in [0.29, 0.717) is 6.42 Å². The third-order valence-electron chi connectivity index (χ3n) is 0.986. The number of carbonyl (C=O) groups is 1. The standard InChI is InChI=1S/C5H11NO2/c1-2-3-4(6)5(7)8/h4H,2-3,6H2,1H3,(H,7,8)/p+1. The van der Waals surface area contributed by atoms with Crippen LogP contribution in [0.1, 0.15) is 19.8 Å². The van der Waals surface area contributed by atoms with Crippen molar-refractivity contribution < 1.29 is 15.6 Å². The third kappa shape index (κ3) is 2.58. The first-order valence-corrected chi connectivity index (χ1v) is 2.74. The Hall–Kier alpha value is -0.570. The van der Waals surface area contributed by atoms with Crippen molar-refractivity contribution >= 4 is 5.97 Å². The zero-order valence-electron chi connectivity index (χ0n) is 5.05. The van der Waals surface area contributed by atoms with Gasteiger partial charge in [0.2, 0.25) is 0 Å². The number of rotatable bonds is 3. The molecule has 0 saturated heterocycles. The Balaban J connectivity index is 3.32. The molecule has 8 heavy (non-hydrogen) atoms. The molecule has 48 valence electrons. The predicted molar refractivity (Wildman–Crippen MR) is 29.2 cm³/mol. The van der Waals surface area contributed by atoms with Crippen LogP contribution in [-0.2, 0) is 4.79 Å². The maximum absolute atomic E-state index is 10.0. The van der Waals surface area contributed by atoms with Crippen LogP contribution in [0.3, 0.4) is 0 Å². The number of hydrogen-bond acceptors (Lipinski definition) is 1. The van der Waals surface area contributed by atoms with Gasteiger partial charge in [-0.15, -0.1) is 0 Å². The second-order valence-electron chi connectivity index (χ2n) is 1.82. The number of aliphatic carboxylic acids is 1. The first-order valence-electron chi connectivity index (χ1n) is 2.74. The molecule has 0 aromatic heterocycles. The van der Waals surface area contributed by atoms with Gasteiger partial charge in [0.1, 0.15) is 0 Å². The molecule has 1 atom stereocenters. The molecular formula is C5H12NO2+. The van der Waals surface area contributed by atoms with Gasteiger partial charge in [-0.3, -0.25) is 0 Å². The minimum Gasteiger partial charge on any atom is -0.477 e. The quantitative estimate of drug-likeness (QED) is 0.523. The van der Waals surface area contributed by atoms with Crippen LogP contribution in [0.2, 0.25) is 0 Å². The van der Waals surface area contributed by atoms with E-state index in [2.05, 4.69) is 5.73 Å². The summed E-state index contributed by atoms with van der Waals surface area (Å²) >= 11 is 0. The average Bonchev–Trinajstić information content (AvgIpc) is 1.67. The van der Waals surface area contributed by atoms with Crippen molar-refractivity contribution in [2.75, 3.05) is 0 Å². The Morgan fingerprint density at radius 3 is 2.50 bits per heavy atom. The van der Waals surface area contributed by atoms with Gasteiger partial charge in [0.25, 0.3) is 0 Å². The van der Waals surface area contributed by atoms with E-state index in [0.717, 1.165) is 6.42 Å². The van der Waals surface area contributed by atoms with Gasteiger partial charge in [-0.2, -0.15) is 0 Å². The highest BCUT2D eigenvalue weighted by molar-refractivity contribution is 5.71. The number of carboxylic acid groups (broad SMARTS) is 1. The smallest absolute Gasteiger partial charge is 0.362 e. The summed E-state index contributed by atoms with van der Waals surface area (Å²) in [4.78, 5) is 10.0. The molecule has 0 heterocycles. The summed E-state index contributed by atoms with van der Waals surface area (Å²) in [6.07, 6.45) is 1.57. The maximum atomic E-state index is 10.0. The van der Waals surface area contributed by atoms with E-state index in [-0.39, 0.29) is 0 Å². The minimum atomic E-state index is -0.799. The lowest BCUT2D eigenvalue weighted by molar-refractivity contribution is -0.408. The van der Waals surface area contributed by atoms with Crippen molar-refractivity contribution in [1.29, 1.82) is 0 Å². The van der Waals surface area contributed by atoms with Gasteiger partial charge < -0.3 is 10.8 Å². The highest BCUT2D eigenvalue weighted by Crippen LogP contribution is 1.89. The van der Waals surface area contributed by atoms with Crippen molar-refractivity contribution in [1.82, 2.24) is 0 Å². The monoisotopic (exact) mass is 118 g/mol. The van der Waals surface area contributed by atoms with Crippen molar-refractivity contribution in [2.45, 2.75) is 25.8 Å². The second kappa shape index (κ2) is 3.43. The van der Waals surface area contributed by atoms with Crippen molar-refractivity contribution in [2.24, 2.45) is 0 Å². The van der Waals surface area contributed by atoms with E-state index in [1.54, 1.807) is 0 Å². The highest BCUT2D eigenvalue weighted by atomic mass is 16.4. The van der Waals surface area contributed by atoms with E-state index in [1.165, 1.54) is 0 Å². The average molecular weight is 118 g/mol. The van der Waals surface area contributed by atoms with Gasteiger partial charge in [-0.1, -0.05) is 6.92 Å². The fourth-order valence-electron chi connectivity index (χ4n) is 0.472. The molecule has 0 aliphatic heterocycles. The summed E-state index contributed by atoms with van der Waals surface area (Å²) in [5.41, 5.74) is 3.43. The lowest BCUT2D eigenvalue weighted by Crippen LogP contribution is -2.64. The van der Waals surface area contributed by atoms with Crippen molar-refractivity contribution in [3.8, 4) is 0 Å². The molecule has 4 N–H and O–H groups in total. The lowest BCUT2D eigenvalue weighted by atomic mass is 10.2. The summed E-state index contributed by atoms with van der Waals surface area (Å²) in [7, 11) is 0. The third-order valence-corrected chi connectivity index (χ3v) is 0.986. The summed E-state index contributed by atoms with van der Waals surface area (Å²) < 4.78 is 0.